The van der Waals surface area contributed by atoms with Crippen LogP contribution in [0, 0.1) is 0 Å². The Kier molecular flexibility index (Phi) is 4.80. The molecule has 0 N–H and O–H groups in total. The number of rotatable bonds is 8. The van der Waals surface area contributed by atoms with Gasteiger partial charge in [-0.25, -0.2) is 0 Å². The van der Waals surface area contributed by atoms with Gasteiger partial charge in [0.05, 0.1) is 13.2 Å². The smallest absolute Gasteiger partial charge is 0.245 e. The van der Waals surface area contributed by atoms with E-state index >= 15 is 0 Å². The summed E-state index contributed by atoms with van der Waals surface area (Å²) in [5, 5.41) is 0. The summed E-state index contributed by atoms with van der Waals surface area (Å²) in [6.45, 7) is 6.95. The first-order chi connectivity index (χ1) is 8.66. The number of epoxide rings is 1. The molecule has 0 radical (unpaired) electrons. The molecule has 0 aromatic heterocycles. The second-order valence-corrected chi connectivity index (χ2v) is 9.53. The van der Waals surface area contributed by atoms with Gasteiger partial charge in [-0.1, -0.05) is 18.2 Å². The fraction of sp³-hybridized carbons (Fsp3) is 0.571. The first kappa shape index (κ1) is 13.6. The lowest BCUT2D eigenvalue weighted by Gasteiger charge is -2.24. The number of para-hydroxylation sites is 1. The van der Waals surface area contributed by atoms with E-state index in [0.29, 0.717) is 6.10 Å². The molecule has 2 rings (SSSR count). The zero-order chi connectivity index (χ0) is 12.8. The van der Waals surface area contributed by atoms with Gasteiger partial charge < -0.3 is 13.9 Å². The highest BCUT2D eigenvalue weighted by Gasteiger charge is 2.25. The maximum absolute atomic E-state index is 6.10. The molecule has 18 heavy (non-hydrogen) atoms. The molecule has 1 unspecified atom stereocenters. The zero-order valence-corrected chi connectivity index (χ0v) is 12.2. The average molecular weight is 266 g/mol. The molecule has 0 bridgehead atoms. The minimum Gasteiger partial charge on any atom is -0.544 e. The molecule has 0 spiro atoms. The van der Waals surface area contributed by atoms with E-state index in [-0.39, 0.29) is 0 Å². The molecule has 0 aliphatic carbocycles. The molecule has 1 heterocycles. The molecule has 3 nitrogen and oxygen atoms in total. The van der Waals surface area contributed by atoms with Crippen LogP contribution < -0.4 is 4.43 Å². The fourth-order valence-corrected chi connectivity index (χ4v) is 3.71. The topological polar surface area (TPSA) is 31.0 Å². The predicted octanol–water partition coefficient (Wildman–Crippen LogP) is 3.08. The van der Waals surface area contributed by atoms with Crippen molar-refractivity contribution in [1.82, 2.24) is 0 Å². The SMILES string of the molecule is C[Si](C)(CCCOCC1CO1)Oc1ccccc1. The highest BCUT2D eigenvalue weighted by atomic mass is 28.4. The minimum atomic E-state index is -1.62. The van der Waals surface area contributed by atoms with E-state index in [1.54, 1.807) is 0 Å². The standard InChI is InChI=1S/C14H22O3Si/c1-18(2,17-13-7-4-3-5-8-13)10-6-9-15-11-14-12-16-14/h3-5,7-8,14H,6,9-12H2,1-2H3. The van der Waals surface area contributed by atoms with Crippen molar-refractivity contribution < 1.29 is 13.9 Å². The van der Waals surface area contributed by atoms with E-state index < -0.39 is 8.32 Å². The van der Waals surface area contributed by atoms with Gasteiger partial charge in [-0.3, -0.25) is 0 Å². The van der Waals surface area contributed by atoms with Crippen molar-refractivity contribution in [3.63, 3.8) is 0 Å². The minimum absolute atomic E-state index is 0.371. The summed E-state index contributed by atoms with van der Waals surface area (Å²) in [4.78, 5) is 0. The monoisotopic (exact) mass is 266 g/mol. The van der Waals surface area contributed by atoms with E-state index in [1.807, 2.05) is 30.3 Å². The summed E-state index contributed by atoms with van der Waals surface area (Å²) in [7, 11) is -1.62. The second kappa shape index (κ2) is 6.36. The van der Waals surface area contributed by atoms with Gasteiger partial charge in [-0.2, -0.15) is 0 Å². The third kappa shape index (κ3) is 5.21. The Balaban J connectivity index is 1.63. The molecule has 1 aliphatic rings. The molecule has 100 valence electrons. The zero-order valence-electron chi connectivity index (χ0n) is 11.2. The lowest BCUT2D eigenvalue weighted by molar-refractivity contribution is 0.116. The van der Waals surface area contributed by atoms with E-state index in [1.165, 1.54) is 0 Å². The van der Waals surface area contributed by atoms with Crippen LogP contribution in [0.25, 0.3) is 0 Å². The third-order valence-electron chi connectivity index (χ3n) is 2.91. The first-order valence-corrected chi connectivity index (χ1v) is 9.71. The predicted molar refractivity (Wildman–Crippen MR) is 74.5 cm³/mol. The molecule has 0 saturated carbocycles. The van der Waals surface area contributed by atoms with E-state index in [2.05, 4.69) is 13.1 Å². The van der Waals surface area contributed by atoms with Crippen LogP contribution in [-0.2, 0) is 9.47 Å². The van der Waals surface area contributed by atoms with E-state index in [4.69, 9.17) is 13.9 Å². The van der Waals surface area contributed by atoms with Gasteiger partial charge in [-0.05, 0) is 37.7 Å². The Hall–Kier alpha value is -0.843. The maximum Gasteiger partial charge on any atom is 0.245 e. The lowest BCUT2D eigenvalue weighted by atomic mass is 10.3. The van der Waals surface area contributed by atoms with E-state index in [0.717, 1.165) is 38.0 Å². The van der Waals surface area contributed by atoms with Crippen LogP contribution in [0.1, 0.15) is 6.42 Å². The number of hydrogen-bond donors (Lipinski definition) is 0. The van der Waals surface area contributed by atoms with Crippen molar-refractivity contribution in [1.29, 1.82) is 0 Å². The summed E-state index contributed by atoms with van der Waals surface area (Å²) >= 11 is 0. The highest BCUT2D eigenvalue weighted by Crippen LogP contribution is 2.19. The van der Waals surface area contributed by atoms with Gasteiger partial charge in [0.15, 0.2) is 0 Å². The molecule has 1 aliphatic heterocycles. The molecule has 1 saturated heterocycles. The molecule has 1 fully saturated rings. The highest BCUT2D eigenvalue weighted by molar-refractivity contribution is 6.71. The van der Waals surface area contributed by atoms with Crippen molar-refractivity contribution in [3.05, 3.63) is 30.3 Å². The van der Waals surface area contributed by atoms with Crippen molar-refractivity contribution in [2.45, 2.75) is 31.7 Å². The molecular weight excluding hydrogens is 244 g/mol. The molecule has 1 aromatic carbocycles. The fourth-order valence-electron chi connectivity index (χ4n) is 1.84. The number of ether oxygens (including phenoxy) is 2. The van der Waals surface area contributed by atoms with Crippen LogP contribution in [0.15, 0.2) is 30.3 Å². The van der Waals surface area contributed by atoms with Gasteiger partial charge in [0.2, 0.25) is 8.32 Å². The lowest BCUT2D eigenvalue weighted by Crippen LogP contribution is -2.34. The van der Waals surface area contributed by atoms with Crippen LogP contribution in [-0.4, -0.2) is 34.2 Å². The van der Waals surface area contributed by atoms with Crippen molar-refractivity contribution in [2.24, 2.45) is 0 Å². The largest absolute Gasteiger partial charge is 0.544 e. The van der Waals surface area contributed by atoms with Gasteiger partial charge in [0, 0.05) is 6.61 Å². The number of benzene rings is 1. The van der Waals surface area contributed by atoms with Gasteiger partial charge in [0.25, 0.3) is 0 Å². The molecule has 1 atom stereocenters. The molecule has 0 amide bonds. The Morgan fingerprint density at radius 1 is 1.28 bits per heavy atom. The normalized spacial score (nSPS) is 18.7. The Morgan fingerprint density at radius 3 is 2.67 bits per heavy atom. The molecular formula is C14H22O3Si. The first-order valence-electron chi connectivity index (χ1n) is 6.59. The summed E-state index contributed by atoms with van der Waals surface area (Å²) in [6.07, 6.45) is 1.44. The van der Waals surface area contributed by atoms with Crippen LogP contribution >= 0.6 is 0 Å². The third-order valence-corrected chi connectivity index (χ3v) is 5.26. The van der Waals surface area contributed by atoms with Crippen molar-refractivity contribution in [3.8, 4) is 5.75 Å². The van der Waals surface area contributed by atoms with Crippen LogP contribution in [0.2, 0.25) is 19.1 Å². The summed E-state index contributed by atoms with van der Waals surface area (Å²) in [5.41, 5.74) is 0. The van der Waals surface area contributed by atoms with Gasteiger partial charge >= 0.3 is 0 Å². The maximum atomic E-state index is 6.10. The second-order valence-electron chi connectivity index (χ2n) is 5.31. The van der Waals surface area contributed by atoms with E-state index in [9.17, 15) is 0 Å². The Labute approximate surface area is 110 Å². The Bertz CT molecular complexity index is 349. The van der Waals surface area contributed by atoms with Crippen LogP contribution in [0.4, 0.5) is 0 Å². The van der Waals surface area contributed by atoms with Gasteiger partial charge in [0.1, 0.15) is 11.9 Å². The average Bonchev–Trinajstić information content (AvgIpc) is 3.13. The van der Waals surface area contributed by atoms with Crippen molar-refractivity contribution in [2.75, 3.05) is 19.8 Å². The van der Waals surface area contributed by atoms with Crippen LogP contribution in [0.5, 0.6) is 5.75 Å². The van der Waals surface area contributed by atoms with Crippen molar-refractivity contribution >= 4 is 8.32 Å². The van der Waals surface area contributed by atoms with Crippen LogP contribution in [0.3, 0.4) is 0 Å². The quantitative estimate of drug-likeness (QED) is 0.411. The van der Waals surface area contributed by atoms with Gasteiger partial charge in [-0.15, -0.1) is 0 Å². The molecule has 1 aromatic rings. The molecule has 4 heteroatoms. The Morgan fingerprint density at radius 2 is 2.00 bits per heavy atom. The summed E-state index contributed by atoms with van der Waals surface area (Å²) in [6, 6.07) is 11.2. The summed E-state index contributed by atoms with van der Waals surface area (Å²) < 4.78 is 16.7. The number of hydrogen-bond acceptors (Lipinski definition) is 3. The summed E-state index contributed by atoms with van der Waals surface area (Å²) in [5.74, 6) is 0.987.